The highest BCUT2D eigenvalue weighted by atomic mass is 16.1. The molecular formula is C11H20N4O. The number of hydrogen-bond donors (Lipinski definition) is 3. The second-order valence-electron chi connectivity index (χ2n) is 3.97. The van der Waals surface area contributed by atoms with Gasteiger partial charge >= 0.3 is 0 Å². The van der Waals surface area contributed by atoms with E-state index in [9.17, 15) is 4.79 Å². The molecule has 0 aliphatic rings. The molecule has 0 amide bonds. The van der Waals surface area contributed by atoms with Gasteiger partial charge in [0.15, 0.2) is 0 Å². The van der Waals surface area contributed by atoms with E-state index in [1.807, 2.05) is 13.8 Å². The molecule has 0 aromatic carbocycles. The van der Waals surface area contributed by atoms with Gasteiger partial charge < -0.3 is 16.0 Å². The highest BCUT2D eigenvalue weighted by Gasteiger charge is 2.13. The van der Waals surface area contributed by atoms with E-state index in [1.54, 1.807) is 6.92 Å². The lowest BCUT2D eigenvalue weighted by Gasteiger charge is -2.15. The lowest BCUT2D eigenvalue weighted by Crippen LogP contribution is -2.29. The number of aromatic nitrogens is 2. The van der Waals surface area contributed by atoms with Crippen LogP contribution in [-0.4, -0.2) is 23.1 Å². The molecule has 1 rings (SSSR count). The smallest absolute Gasteiger partial charge is 0.255 e. The minimum atomic E-state index is -0.0576. The molecule has 1 aromatic heterocycles. The van der Waals surface area contributed by atoms with Crippen molar-refractivity contribution in [2.24, 2.45) is 5.73 Å². The Labute approximate surface area is 95.5 Å². The largest absolute Gasteiger partial charge is 0.330 e. The standard InChI is InChI=1S/C11H20N4O/c1-7(13-6-4-5-12)10-8(2)14-9(3)15-11(10)16/h7,13H,4-6,12H2,1-3H3,(H,14,15,16). The maximum absolute atomic E-state index is 11.8. The second-order valence-corrected chi connectivity index (χ2v) is 3.97. The van der Waals surface area contributed by atoms with E-state index < -0.39 is 0 Å². The molecule has 1 aromatic rings. The summed E-state index contributed by atoms with van der Waals surface area (Å²) in [6.45, 7) is 7.07. The summed E-state index contributed by atoms with van der Waals surface area (Å²) in [4.78, 5) is 18.8. The van der Waals surface area contributed by atoms with Crippen molar-refractivity contribution in [3.8, 4) is 0 Å². The highest BCUT2D eigenvalue weighted by Crippen LogP contribution is 2.10. The van der Waals surface area contributed by atoms with Gasteiger partial charge in [-0.15, -0.1) is 0 Å². The molecule has 0 aliphatic heterocycles. The molecule has 0 aliphatic carbocycles. The SMILES string of the molecule is Cc1nc(C)c(C(C)NCCCN)c(=O)[nH]1. The number of hydrogen-bond acceptors (Lipinski definition) is 4. The van der Waals surface area contributed by atoms with Gasteiger partial charge in [0.2, 0.25) is 0 Å². The van der Waals surface area contributed by atoms with E-state index in [1.165, 1.54) is 0 Å². The Hall–Kier alpha value is -1.20. The number of aryl methyl sites for hydroxylation is 2. The van der Waals surface area contributed by atoms with Crippen LogP contribution in [-0.2, 0) is 0 Å². The van der Waals surface area contributed by atoms with Gasteiger partial charge in [0.25, 0.3) is 5.56 Å². The molecule has 1 heterocycles. The van der Waals surface area contributed by atoms with Crippen molar-refractivity contribution in [3.63, 3.8) is 0 Å². The first kappa shape index (κ1) is 12.9. The molecule has 0 fully saturated rings. The maximum Gasteiger partial charge on any atom is 0.255 e. The molecule has 1 atom stereocenters. The van der Waals surface area contributed by atoms with Crippen molar-refractivity contribution in [1.29, 1.82) is 0 Å². The van der Waals surface area contributed by atoms with Crippen LogP contribution in [0.3, 0.4) is 0 Å². The molecular weight excluding hydrogens is 204 g/mol. The molecule has 4 N–H and O–H groups in total. The van der Waals surface area contributed by atoms with Crippen LogP contribution in [0, 0.1) is 13.8 Å². The predicted molar refractivity (Wildman–Crippen MR) is 64.4 cm³/mol. The first-order valence-corrected chi connectivity index (χ1v) is 5.57. The zero-order valence-electron chi connectivity index (χ0n) is 10.1. The fraction of sp³-hybridized carbons (Fsp3) is 0.636. The molecule has 0 radical (unpaired) electrons. The van der Waals surface area contributed by atoms with E-state index in [4.69, 9.17) is 5.73 Å². The molecule has 0 bridgehead atoms. The molecule has 5 heteroatoms. The van der Waals surface area contributed by atoms with Crippen molar-refractivity contribution in [2.75, 3.05) is 13.1 Å². The van der Waals surface area contributed by atoms with Crippen LogP contribution in [0.4, 0.5) is 0 Å². The van der Waals surface area contributed by atoms with E-state index in [2.05, 4.69) is 15.3 Å². The van der Waals surface area contributed by atoms with Crippen LogP contribution in [0.2, 0.25) is 0 Å². The van der Waals surface area contributed by atoms with Crippen molar-refractivity contribution in [3.05, 3.63) is 27.4 Å². The molecule has 0 saturated heterocycles. The summed E-state index contributed by atoms with van der Waals surface area (Å²) in [5.74, 6) is 0.653. The lowest BCUT2D eigenvalue weighted by molar-refractivity contribution is 0.551. The molecule has 1 unspecified atom stereocenters. The Kier molecular flexibility index (Phi) is 4.64. The van der Waals surface area contributed by atoms with Crippen molar-refractivity contribution < 1.29 is 0 Å². The summed E-state index contributed by atoms with van der Waals surface area (Å²) in [6.07, 6.45) is 0.903. The Morgan fingerprint density at radius 1 is 1.50 bits per heavy atom. The third-order valence-electron chi connectivity index (χ3n) is 2.53. The normalized spacial score (nSPS) is 12.8. The third kappa shape index (κ3) is 3.15. The fourth-order valence-electron chi connectivity index (χ4n) is 1.77. The predicted octanol–water partition coefficient (Wildman–Crippen LogP) is 0.386. The Bertz CT molecular complexity index is 399. The zero-order chi connectivity index (χ0) is 12.1. The number of rotatable bonds is 5. The average Bonchev–Trinajstić information content (AvgIpc) is 2.16. The monoisotopic (exact) mass is 224 g/mol. The summed E-state index contributed by atoms with van der Waals surface area (Å²) >= 11 is 0. The summed E-state index contributed by atoms with van der Waals surface area (Å²) in [5, 5.41) is 3.26. The Morgan fingerprint density at radius 2 is 2.19 bits per heavy atom. The number of H-pyrrole nitrogens is 1. The van der Waals surface area contributed by atoms with Crippen LogP contribution in [0.5, 0.6) is 0 Å². The zero-order valence-corrected chi connectivity index (χ0v) is 10.1. The first-order valence-electron chi connectivity index (χ1n) is 5.57. The first-order chi connectivity index (χ1) is 7.56. The van der Waals surface area contributed by atoms with Crippen molar-refractivity contribution >= 4 is 0 Å². The average molecular weight is 224 g/mol. The minimum Gasteiger partial charge on any atom is -0.330 e. The van der Waals surface area contributed by atoms with E-state index in [-0.39, 0.29) is 11.6 Å². The second kappa shape index (κ2) is 5.77. The van der Waals surface area contributed by atoms with Crippen molar-refractivity contribution in [1.82, 2.24) is 15.3 Å². The summed E-state index contributed by atoms with van der Waals surface area (Å²) in [5.41, 5.74) is 6.85. The van der Waals surface area contributed by atoms with Gasteiger partial charge in [-0.25, -0.2) is 4.98 Å². The molecule has 90 valence electrons. The molecule has 5 nitrogen and oxygen atoms in total. The quantitative estimate of drug-likeness (QED) is 0.632. The lowest BCUT2D eigenvalue weighted by atomic mass is 10.1. The summed E-state index contributed by atoms with van der Waals surface area (Å²) in [6, 6.07) is 0.00315. The number of nitrogens with two attached hydrogens (primary N) is 1. The Morgan fingerprint density at radius 3 is 2.75 bits per heavy atom. The van der Waals surface area contributed by atoms with Gasteiger partial charge in [-0.2, -0.15) is 0 Å². The highest BCUT2D eigenvalue weighted by molar-refractivity contribution is 5.19. The molecule has 0 spiro atoms. The van der Waals surface area contributed by atoms with Gasteiger partial charge in [0, 0.05) is 11.7 Å². The van der Waals surface area contributed by atoms with Crippen LogP contribution in [0.1, 0.15) is 36.5 Å². The Balaban J connectivity index is 2.83. The number of nitrogens with one attached hydrogen (secondary N) is 2. The van der Waals surface area contributed by atoms with Gasteiger partial charge in [0.05, 0.1) is 5.56 Å². The number of nitrogens with zero attached hydrogens (tertiary/aromatic N) is 1. The van der Waals surface area contributed by atoms with E-state index in [0.29, 0.717) is 17.9 Å². The van der Waals surface area contributed by atoms with E-state index in [0.717, 1.165) is 18.7 Å². The summed E-state index contributed by atoms with van der Waals surface area (Å²) in [7, 11) is 0. The van der Waals surface area contributed by atoms with Crippen molar-refractivity contribution in [2.45, 2.75) is 33.2 Å². The minimum absolute atomic E-state index is 0.00315. The van der Waals surface area contributed by atoms with Gasteiger partial charge in [-0.1, -0.05) is 0 Å². The summed E-state index contributed by atoms with van der Waals surface area (Å²) < 4.78 is 0. The van der Waals surface area contributed by atoms with Crippen LogP contribution < -0.4 is 16.6 Å². The van der Waals surface area contributed by atoms with Gasteiger partial charge in [-0.3, -0.25) is 4.79 Å². The maximum atomic E-state index is 11.8. The molecule has 16 heavy (non-hydrogen) atoms. The fourth-order valence-corrected chi connectivity index (χ4v) is 1.77. The van der Waals surface area contributed by atoms with Crippen LogP contribution >= 0.6 is 0 Å². The topological polar surface area (TPSA) is 83.8 Å². The number of aromatic amines is 1. The van der Waals surface area contributed by atoms with Crippen LogP contribution in [0.15, 0.2) is 4.79 Å². The van der Waals surface area contributed by atoms with E-state index >= 15 is 0 Å². The van der Waals surface area contributed by atoms with Gasteiger partial charge in [-0.05, 0) is 40.3 Å². The molecule has 0 saturated carbocycles. The van der Waals surface area contributed by atoms with Crippen LogP contribution in [0.25, 0.3) is 0 Å². The third-order valence-corrected chi connectivity index (χ3v) is 2.53. The van der Waals surface area contributed by atoms with Gasteiger partial charge in [0.1, 0.15) is 5.82 Å².